The second-order valence-corrected chi connectivity index (χ2v) is 3.24. The molecule has 0 saturated heterocycles. The van der Waals surface area contributed by atoms with Gasteiger partial charge in [0, 0.05) is 0 Å². The van der Waals surface area contributed by atoms with Crippen LogP contribution in [0.15, 0.2) is 29.4 Å². The van der Waals surface area contributed by atoms with Crippen molar-refractivity contribution in [1.82, 2.24) is 5.43 Å². The van der Waals surface area contributed by atoms with E-state index in [0.29, 0.717) is 11.1 Å². The highest BCUT2D eigenvalue weighted by Crippen LogP contribution is 2.03. The number of methoxy groups -OCH3 is 1. The van der Waals surface area contributed by atoms with Crippen LogP contribution < -0.4 is 5.43 Å². The minimum Gasteiger partial charge on any atom is -0.465 e. The van der Waals surface area contributed by atoms with Crippen LogP contribution in [0.3, 0.4) is 0 Å². The number of ether oxygens (including phenoxy) is 1. The van der Waals surface area contributed by atoms with E-state index >= 15 is 0 Å². The lowest BCUT2D eigenvalue weighted by Crippen LogP contribution is -2.16. The highest BCUT2D eigenvalue weighted by molar-refractivity contribution is 5.90. The van der Waals surface area contributed by atoms with Crippen LogP contribution >= 0.6 is 0 Å². The molecule has 1 N–H and O–H groups in total. The van der Waals surface area contributed by atoms with Crippen LogP contribution in [0.25, 0.3) is 0 Å². The molecule has 0 unspecified atom stereocenters. The fraction of sp³-hybridized carbons (Fsp3) is 0.167. The maximum Gasteiger partial charge on any atom is 0.337 e. The minimum atomic E-state index is -0.472. The molecule has 1 rings (SSSR count). The smallest absolute Gasteiger partial charge is 0.337 e. The number of carbonyl (C=O) groups is 2. The van der Waals surface area contributed by atoms with Gasteiger partial charge in [-0.1, -0.05) is 12.1 Å². The number of nitriles is 1. The standard InChI is InChI=1S/C12H11N3O3/c1-18-12(17)10-4-2-9(3-5-10)8-14-15-11(16)6-7-13/h2-5,8H,6H2,1H3,(H,15,16)/b14-8+. The lowest BCUT2D eigenvalue weighted by molar-refractivity contribution is -0.120. The van der Waals surface area contributed by atoms with Gasteiger partial charge >= 0.3 is 5.97 Å². The minimum absolute atomic E-state index is 0.237. The Bertz CT molecular complexity index is 500. The number of hydrazone groups is 1. The van der Waals surface area contributed by atoms with Gasteiger partial charge < -0.3 is 4.74 Å². The first-order valence-corrected chi connectivity index (χ1v) is 5.04. The highest BCUT2D eigenvalue weighted by Gasteiger charge is 2.03. The Balaban J connectivity index is 2.59. The molecule has 0 fully saturated rings. The van der Waals surface area contributed by atoms with E-state index in [1.165, 1.54) is 13.3 Å². The Kier molecular flexibility index (Phi) is 5.06. The summed E-state index contributed by atoms with van der Waals surface area (Å²) in [6.45, 7) is 0. The average molecular weight is 245 g/mol. The number of hydrogen-bond acceptors (Lipinski definition) is 5. The van der Waals surface area contributed by atoms with Gasteiger partial charge in [0.25, 0.3) is 5.91 Å². The van der Waals surface area contributed by atoms with Crippen molar-refractivity contribution in [1.29, 1.82) is 5.26 Å². The normalized spacial score (nSPS) is 9.78. The number of hydrogen-bond donors (Lipinski definition) is 1. The Morgan fingerprint density at radius 1 is 1.44 bits per heavy atom. The zero-order valence-electron chi connectivity index (χ0n) is 9.71. The number of rotatable bonds is 4. The van der Waals surface area contributed by atoms with Crippen LogP contribution in [0, 0.1) is 11.3 Å². The predicted octanol–water partition coefficient (Wildman–Crippen LogP) is 0.837. The molecule has 1 aromatic carbocycles. The molecular weight excluding hydrogens is 234 g/mol. The third-order valence-electron chi connectivity index (χ3n) is 1.97. The van der Waals surface area contributed by atoms with Crippen molar-refractivity contribution in [3.05, 3.63) is 35.4 Å². The SMILES string of the molecule is COC(=O)c1ccc(/C=N/NC(=O)CC#N)cc1. The molecular formula is C12H11N3O3. The number of carbonyl (C=O) groups excluding carboxylic acids is 2. The van der Waals surface area contributed by atoms with Gasteiger partial charge in [0.1, 0.15) is 6.42 Å². The van der Waals surface area contributed by atoms with E-state index in [-0.39, 0.29) is 6.42 Å². The molecule has 0 aromatic heterocycles. The van der Waals surface area contributed by atoms with Crippen molar-refractivity contribution in [2.75, 3.05) is 7.11 Å². The summed E-state index contributed by atoms with van der Waals surface area (Å²) < 4.78 is 4.56. The van der Waals surface area contributed by atoms with E-state index in [9.17, 15) is 9.59 Å². The van der Waals surface area contributed by atoms with E-state index < -0.39 is 11.9 Å². The van der Waals surface area contributed by atoms with Crippen LogP contribution in [-0.2, 0) is 9.53 Å². The Morgan fingerprint density at radius 3 is 2.67 bits per heavy atom. The lowest BCUT2D eigenvalue weighted by atomic mass is 10.1. The molecule has 0 aliphatic rings. The molecule has 0 heterocycles. The van der Waals surface area contributed by atoms with Crippen molar-refractivity contribution >= 4 is 18.1 Å². The van der Waals surface area contributed by atoms with Gasteiger partial charge in [0.2, 0.25) is 0 Å². The predicted molar refractivity (Wildman–Crippen MR) is 63.7 cm³/mol. The first-order valence-electron chi connectivity index (χ1n) is 5.04. The summed E-state index contributed by atoms with van der Waals surface area (Å²) in [5.41, 5.74) is 3.34. The molecule has 6 nitrogen and oxygen atoms in total. The van der Waals surface area contributed by atoms with Crippen molar-refractivity contribution in [3.63, 3.8) is 0 Å². The van der Waals surface area contributed by atoms with Crippen LogP contribution in [0.4, 0.5) is 0 Å². The Morgan fingerprint density at radius 2 is 2.11 bits per heavy atom. The first-order chi connectivity index (χ1) is 8.67. The summed E-state index contributed by atoms with van der Waals surface area (Å²) in [6.07, 6.45) is 1.18. The number of nitrogens with zero attached hydrogens (tertiary/aromatic N) is 2. The summed E-state index contributed by atoms with van der Waals surface area (Å²) in [5.74, 6) is -0.888. The number of esters is 1. The van der Waals surface area contributed by atoms with Crippen LogP contribution in [0.1, 0.15) is 22.3 Å². The van der Waals surface area contributed by atoms with Gasteiger partial charge in [0.15, 0.2) is 0 Å². The summed E-state index contributed by atoms with van der Waals surface area (Å²) in [6, 6.07) is 8.20. The monoisotopic (exact) mass is 245 g/mol. The van der Waals surface area contributed by atoms with Crippen molar-refractivity contribution < 1.29 is 14.3 Å². The quantitative estimate of drug-likeness (QED) is 0.483. The third kappa shape index (κ3) is 4.06. The fourth-order valence-electron chi connectivity index (χ4n) is 1.11. The molecule has 0 bridgehead atoms. The van der Waals surface area contributed by atoms with Gasteiger partial charge in [-0.05, 0) is 17.7 Å². The molecule has 1 amide bonds. The first kappa shape index (κ1) is 13.4. The van der Waals surface area contributed by atoms with Crippen molar-refractivity contribution in [3.8, 4) is 6.07 Å². The molecule has 18 heavy (non-hydrogen) atoms. The molecule has 92 valence electrons. The van der Waals surface area contributed by atoms with Crippen LogP contribution in [-0.4, -0.2) is 25.2 Å². The second kappa shape index (κ2) is 6.81. The molecule has 0 atom stereocenters. The lowest BCUT2D eigenvalue weighted by Gasteiger charge is -1.99. The van der Waals surface area contributed by atoms with Gasteiger partial charge in [-0.15, -0.1) is 0 Å². The Hall–Kier alpha value is -2.68. The maximum absolute atomic E-state index is 11.2. The molecule has 0 saturated carbocycles. The van der Waals surface area contributed by atoms with E-state index in [4.69, 9.17) is 5.26 Å². The van der Waals surface area contributed by atoms with E-state index in [2.05, 4.69) is 15.3 Å². The van der Waals surface area contributed by atoms with Crippen LogP contribution in [0.2, 0.25) is 0 Å². The average Bonchev–Trinajstić information content (AvgIpc) is 2.39. The summed E-state index contributed by atoms with van der Waals surface area (Å²) >= 11 is 0. The zero-order chi connectivity index (χ0) is 13.4. The molecule has 0 spiro atoms. The van der Waals surface area contributed by atoms with Crippen molar-refractivity contribution in [2.24, 2.45) is 5.10 Å². The third-order valence-corrected chi connectivity index (χ3v) is 1.97. The second-order valence-electron chi connectivity index (χ2n) is 3.24. The highest BCUT2D eigenvalue weighted by atomic mass is 16.5. The summed E-state index contributed by atoms with van der Waals surface area (Å²) in [7, 11) is 1.31. The summed E-state index contributed by atoms with van der Waals surface area (Å²) in [5, 5.41) is 11.9. The molecule has 1 aromatic rings. The fourth-order valence-corrected chi connectivity index (χ4v) is 1.11. The van der Waals surface area contributed by atoms with Crippen molar-refractivity contribution in [2.45, 2.75) is 6.42 Å². The topological polar surface area (TPSA) is 91.5 Å². The number of benzene rings is 1. The maximum atomic E-state index is 11.2. The number of amides is 1. The van der Waals surface area contributed by atoms with Gasteiger partial charge in [-0.3, -0.25) is 4.79 Å². The summed E-state index contributed by atoms with van der Waals surface area (Å²) in [4.78, 5) is 22.1. The molecule has 0 radical (unpaired) electrons. The van der Waals surface area contributed by atoms with E-state index in [1.54, 1.807) is 30.3 Å². The number of nitrogens with one attached hydrogen (secondary N) is 1. The Labute approximate surface area is 104 Å². The molecule has 0 aliphatic heterocycles. The van der Waals surface area contributed by atoms with E-state index in [0.717, 1.165) is 0 Å². The molecule has 6 heteroatoms. The largest absolute Gasteiger partial charge is 0.465 e. The van der Waals surface area contributed by atoms with Crippen LogP contribution in [0.5, 0.6) is 0 Å². The zero-order valence-corrected chi connectivity index (χ0v) is 9.71. The van der Waals surface area contributed by atoms with Gasteiger partial charge in [-0.25, -0.2) is 10.2 Å². The van der Waals surface area contributed by atoms with Gasteiger partial charge in [-0.2, -0.15) is 10.4 Å². The molecule has 0 aliphatic carbocycles. The van der Waals surface area contributed by atoms with Gasteiger partial charge in [0.05, 0.1) is 25.0 Å². The van der Waals surface area contributed by atoms with E-state index in [1.807, 2.05) is 0 Å².